The lowest BCUT2D eigenvalue weighted by Gasteiger charge is -2.07. The number of hydrogen-bond donors (Lipinski definition) is 0. The Bertz CT molecular complexity index is 1410. The molecule has 33 heavy (non-hydrogen) atoms. The largest absolute Gasteiger partial charge is 0.305 e. The molecular formula is C26H24N4S3. The van der Waals surface area contributed by atoms with Gasteiger partial charge in [0.2, 0.25) is 0 Å². The van der Waals surface area contributed by atoms with E-state index in [1.54, 1.807) is 34.4 Å². The maximum Gasteiger partial charge on any atom is 0.191 e. The average molecular weight is 489 g/mol. The molecule has 0 unspecified atom stereocenters. The lowest BCUT2D eigenvalue weighted by molar-refractivity contribution is 0.794. The lowest BCUT2D eigenvalue weighted by atomic mass is 10.0. The summed E-state index contributed by atoms with van der Waals surface area (Å²) in [5.41, 5.74) is 8.36. The third-order valence-electron chi connectivity index (χ3n) is 5.56. The molecule has 0 aliphatic heterocycles. The smallest absolute Gasteiger partial charge is 0.191 e. The van der Waals surface area contributed by atoms with E-state index in [0.717, 1.165) is 33.0 Å². The first-order valence-electron chi connectivity index (χ1n) is 10.7. The Morgan fingerprint density at radius 1 is 0.879 bits per heavy atom. The molecule has 0 saturated carbocycles. The van der Waals surface area contributed by atoms with Gasteiger partial charge >= 0.3 is 0 Å². The number of thiazole rings is 1. The Balaban J connectivity index is 1.36. The molecule has 0 aliphatic rings. The fraction of sp³-hybridized carbons (Fsp3) is 0.192. The molecule has 0 fully saturated rings. The summed E-state index contributed by atoms with van der Waals surface area (Å²) in [6.07, 6.45) is 0. The van der Waals surface area contributed by atoms with E-state index >= 15 is 0 Å². The van der Waals surface area contributed by atoms with Crippen LogP contribution in [0, 0.1) is 20.8 Å². The standard InChI is InChI=1S/C26H24N4S3/c1-16-8-10-19(11-9-16)23-18(3)31-15-22(23)24-28-29-26(30(24)4)33-14-21-13-32-25(27-21)20-7-5-6-17(2)12-20/h5-13,15H,14H2,1-4H3. The number of benzene rings is 2. The third-order valence-corrected chi connectivity index (χ3v) is 8.46. The number of nitrogens with zero attached hydrogens (tertiary/aromatic N) is 4. The number of aromatic nitrogens is 4. The van der Waals surface area contributed by atoms with Gasteiger partial charge in [0.15, 0.2) is 11.0 Å². The molecule has 0 amide bonds. The van der Waals surface area contributed by atoms with Crippen molar-refractivity contribution < 1.29 is 0 Å². The Hall–Kier alpha value is -2.74. The maximum atomic E-state index is 4.84. The van der Waals surface area contributed by atoms with Crippen molar-refractivity contribution in [3.63, 3.8) is 0 Å². The Kier molecular flexibility index (Phi) is 6.19. The van der Waals surface area contributed by atoms with Crippen LogP contribution in [0.4, 0.5) is 0 Å². The average Bonchev–Trinajstić information content (AvgIpc) is 3.52. The van der Waals surface area contributed by atoms with Crippen LogP contribution >= 0.6 is 34.4 Å². The SMILES string of the molecule is Cc1ccc(-c2c(-c3nnc(SCc4csc(-c5cccc(C)c5)n4)n3C)csc2C)cc1. The first-order chi connectivity index (χ1) is 16.0. The number of hydrogen-bond acceptors (Lipinski definition) is 6. The first kappa shape index (κ1) is 22.1. The third kappa shape index (κ3) is 4.53. The molecule has 4 nitrogen and oxygen atoms in total. The molecule has 5 rings (SSSR count). The van der Waals surface area contributed by atoms with Gasteiger partial charge in [-0.05, 0) is 32.4 Å². The Labute approximate surface area is 206 Å². The van der Waals surface area contributed by atoms with Gasteiger partial charge in [-0.3, -0.25) is 0 Å². The molecule has 7 heteroatoms. The fourth-order valence-corrected chi connectivity index (χ4v) is 6.39. The van der Waals surface area contributed by atoms with Crippen LogP contribution in [0.1, 0.15) is 21.7 Å². The zero-order chi connectivity index (χ0) is 22.9. The predicted molar refractivity (Wildman–Crippen MR) is 141 cm³/mol. The van der Waals surface area contributed by atoms with Crippen molar-refractivity contribution in [3.8, 4) is 33.1 Å². The van der Waals surface area contributed by atoms with Crippen LogP contribution in [-0.2, 0) is 12.8 Å². The van der Waals surface area contributed by atoms with Crippen molar-refractivity contribution in [2.45, 2.75) is 31.7 Å². The molecule has 0 aliphatic carbocycles. The zero-order valence-electron chi connectivity index (χ0n) is 19.0. The molecule has 0 N–H and O–H groups in total. The van der Waals surface area contributed by atoms with E-state index in [1.807, 2.05) is 7.05 Å². The number of rotatable bonds is 6. The second kappa shape index (κ2) is 9.25. The van der Waals surface area contributed by atoms with Crippen LogP contribution in [0.25, 0.3) is 33.1 Å². The molecule has 0 radical (unpaired) electrons. The van der Waals surface area contributed by atoms with Crippen molar-refractivity contribution in [2.24, 2.45) is 7.05 Å². The number of thiophene rings is 1. The first-order valence-corrected chi connectivity index (χ1v) is 13.4. The highest BCUT2D eigenvalue weighted by Crippen LogP contribution is 2.39. The van der Waals surface area contributed by atoms with Gasteiger partial charge in [0.25, 0.3) is 0 Å². The van der Waals surface area contributed by atoms with E-state index in [0.29, 0.717) is 0 Å². The van der Waals surface area contributed by atoms with Gasteiger partial charge in [-0.1, -0.05) is 65.4 Å². The molecule has 2 aromatic carbocycles. The van der Waals surface area contributed by atoms with Crippen LogP contribution in [0.5, 0.6) is 0 Å². The Morgan fingerprint density at radius 3 is 2.48 bits per heavy atom. The van der Waals surface area contributed by atoms with Crippen molar-refractivity contribution in [3.05, 3.63) is 81.0 Å². The highest BCUT2D eigenvalue weighted by molar-refractivity contribution is 7.98. The molecule has 0 atom stereocenters. The van der Waals surface area contributed by atoms with Crippen LogP contribution < -0.4 is 0 Å². The molecular weight excluding hydrogens is 465 g/mol. The van der Waals surface area contributed by atoms with E-state index in [9.17, 15) is 0 Å². The van der Waals surface area contributed by atoms with Crippen LogP contribution in [0.2, 0.25) is 0 Å². The lowest BCUT2D eigenvalue weighted by Crippen LogP contribution is -1.96. The highest BCUT2D eigenvalue weighted by Gasteiger charge is 2.19. The number of aryl methyl sites for hydroxylation is 3. The van der Waals surface area contributed by atoms with Crippen molar-refractivity contribution >= 4 is 34.4 Å². The molecule has 3 aromatic heterocycles. The van der Waals surface area contributed by atoms with Crippen molar-refractivity contribution in [1.82, 2.24) is 19.7 Å². The summed E-state index contributed by atoms with van der Waals surface area (Å²) < 4.78 is 2.09. The predicted octanol–water partition coefficient (Wildman–Crippen LogP) is 7.55. The summed E-state index contributed by atoms with van der Waals surface area (Å²) >= 11 is 5.12. The molecule has 0 saturated heterocycles. The minimum Gasteiger partial charge on any atom is -0.305 e. The summed E-state index contributed by atoms with van der Waals surface area (Å²) in [5, 5.41) is 15.3. The van der Waals surface area contributed by atoms with Gasteiger partial charge in [-0.2, -0.15) is 0 Å². The van der Waals surface area contributed by atoms with Gasteiger partial charge in [0.1, 0.15) is 5.01 Å². The second-order valence-electron chi connectivity index (χ2n) is 8.11. The summed E-state index contributed by atoms with van der Waals surface area (Å²) in [7, 11) is 2.04. The molecule has 0 spiro atoms. The van der Waals surface area contributed by atoms with Crippen LogP contribution in [0.15, 0.2) is 64.4 Å². The summed E-state index contributed by atoms with van der Waals surface area (Å²) in [6.45, 7) is 6.39. The fourth-order valence-electron chi connectivity index (χ4n) is 3.80. The second-order valence-corrected chi connectivity index (χ2v) is 11.0. The topological polar surface area (TPSA) is 43.6 Å². The maximum absolute atomic E-state index is 4.84. The van der Waals surface area contributed by atoms with E-state index < -0.39 is 0 Å². The van der Waals surface area contributed by atoms with E-state index in [4.69, 9.17) is 4.98 Å². The van der Waals surface area contributed by atoms with Crippen LogP contribution in [0.3, 0.4) is 0 Å². The van der Waals surface area contributed by atoms with Crippen molar-refractivity contribution in [1.29, 1.82) is 0 Å². The van der Waals surface area contributed by atoms with Gasteiger partial charge in [-0.15, -0.1) is 32.9 Å². The minimum absolute atomic E-state index is 0.766. The summed E-state index contributed by atoms with van der Waals surface area (Å²) in [4.78, 5) is 6.13. The van der Waals surface area contributed by atoms with Gasteiger partial charge in [-0.25, -0.2) is 4.98 Å². The quantitative estimate of drug-likeness (QED) is 0.231. The van der Waals surface area contributed by atoms with E-state index in [-0.39, 0.29) is 0 Å². The zero-order valence-corrected chi connectivity index (χ0v) is 21.4. The van der Waals surface area contributed by atoms with Gasteiger partial charge < -0.3 is 4.57 Å². The number of thioether (sulfide) groups is 1. The Morgan fingerprint density at radius 2 is 1.70 bits per heavy atom. The minimum atomic E-state index is 0.766. The summed E-state index contributed by atoms with van der Waals surface area (Å²) in [5.74, 6) is 1.66. The van der Waals surface area contributed by atoms with Crippen molar-refractivity contribution in [2.75, 3.05) is 0 Å². The van der Waals surface area contributed by atoms with Gasteiger partial charge in [0.05, 0.1) is 5.69 Å². The normalized spacial score (nSPS) is 11.3. The molecule has 0 bridgehead atoms. The molecule has 5 aromatic rings. The summed E-state index contributed by atoms with van der Waals surface area (Å²) in [6, 6.07) is 17.2. The molecule has 3 heterocycles. The molecule has 166 valence electrons. The van der Waals surface area contributed by atoms with E-state index in [2.05, 4.69) is 94.8 Å². The highest BCUT2D eigenvalue weighted by atomic mass is 32.2. The monoisotopic (exact) mass is 488 g/mol. The van der Waals surface area contributed by atoms with Crippen LogP contribution in [-0.4, -0.2) is 19.7 Å². The van der Waals surface area contributed by atoms with E-state index in [1.165, 1.54) is 32.7 Å². The van der Waals surface area contributed by atoms with Gasteiger partial charge in [0, 0.05) is 45.1 Å².